The van der Waals surface area contributed by atoms with Crippen LogP contribution >= 0.6 is 0 Å². The zero-order valence-corrected chi connectivity index (χ0v) is 13.4. The number of hydrogen-bond donors (Lipinski definition) is 1. The minimum absolute atomic E-state index is 0.144. The van der Waals surface area contributed by atoms with Crippen LogP contribution in [0, 0.1) is 5.92 Å². The number of fused-ring (bicyclic) bond motifs is 2. The Morgan fingerprint density at radius 2 is 2.20 bits per heavy atom. The van der Waals surface area contributed by atoms with Crippen molar-refractivity contribution in [1.29, 1.82) is 0 Å². The summed E-state index contributed by atoms with van der Waals surface area (Å²) in [5.74, 6) is 0.801. The molecule has 1 N–H and O–H groups in total. The molecular weight excluding hydrogens is 252 g/mol. The number of hydrogen-bond acceptors (Lipinski definition) is 4. The van der Waals surface area contributed by atoms with Crippen LogP contribution in [0.15, 0.2) is 0 Å². The molecule has 2 rings (SSSR count). The van der Waals surface area contributed by atoms with Crippen LogP contribution in [-0.2, 0) is 9.53 Å². The van der Waals surface area contributed by atoms with E-state index in [9.17, 15) is 4.79 Å². The van der Waals surface area contributed by atoms with Crippen molar-refractivity contribution in [1.82, 2.24) is 10.2 Å². The first-order valence-corrected chi connectivity index (χ1v) is 8.05. The molecule has 116 valence electrons. The van der Waals surface area contributed by atoms with E-state index >= 15 is 0 Å². The van der Waals surface area contributed by atoms with E-state index in [0.29, 0.717) is 0 Å². The second-order valence-electron chi connectivity index (χ2n) is 7.05. The molecule has 0 radical (unpaired) electrons. The molecule has 0 spiro atoms. The lowest BCUT2D eigenvalue weighted by molar-refractivity contribution is -0.148. The van der Waals surface area contributed by atoms with E-state index in [1.807, 2.05) is 6.92 Å². The predicted molar refractivity (Wildman–Crippen MR) is 80.6 cm³/mol. The van der Waals surface area contributed by atoms with Crippen molar-refractivity contribution in [2.24, 2.45) is 5.92 Å². The lowest BCUT2D eigenvalue weighted by Gasteiger charge is -2.32. The van der Waals surface area contributed by atoms with Gasteiger partial charge in [-0.1, -0.05) is 0 Å². The van der Waals surface area contributed by atoms with Gasteiger partial charge in [0.05, 0.1) is 7.11 Å². The van der Waals surface area contributed by atoms with Gasteiger partial charge in [-0.3, -0.25) is 10.1 Å². The molecule has 4 heteroatoms. The molecule has 1 saturated carbocycles. The summed E-state index contributed by atoms with van der Waals surface area (Å²) < 4.78 is 4.97. The Balaban J connectivity index is 1.81. The SMILES string of the molecule is COC(=O)C(C)(CCCN1CC2CCC1C2)NC(C)C. The van der Waals surface area contributed by atoms with E-state index < -0.39 is 5.54 Å². The third-order valence-corrected chi connectivity index (χ3v) is 4.89. The molecule has 0 aromatic carbocycles. The molecule has 0 aromatic rings. The number of ether oxygens (including phenoxy) is 1. The van der Waals surface area contributed by atoms with Crippen molar-refractivity contribution in [3.63, 3.8) is 0 Å². The Kier molecular flexibility index (Phi) is 5.08. The maximum absolute atomic E-state index is 12.0. The number of nitrogens with one attached hydrogen (secondary N) is 1. The smallest absolute Gasteiger partial charge is 0.325 e. The highest BCUT2D eigenvalue weighted by atomic mass is 16.5. The molecule has 3 unspecified atom stereocenters. The van der Waals surface area contributed by atoms with Crippen LogP contribution in [0.3, 0.4) is 0 Å². The van der Waals surface area contributed by atoms with E-state index in [2.05, 4.69) is 24.1 Å². The van der Waals surface area contributed by atoms with Gasteiger partial charge in [-0.05, 0) is 65.3 Å². The van der Waals surface area contributed by atoms with Crippen molar-refractivity contribution >= 4 is 5.97 Å². The topological polar surface area (TPSA) is 41.6 Å². The fourth-order valence-corrected chi connectivity index (χ4v) is 4.03. The number of esters is 1. The normalized spacial score (nSPS) is 28.9. The fourth-order valence-electron chi connectivity index (χ4n) is 4.03. The Labute approximate surface area is 123 Å². The number of carbonyl (C=O) groups excluding carboxylic acids is 1. The van der Waals surface area contributed by atoms with Gasteiger partial charge in [-0.2, -0.15) is 0 Å². The van der Waals surface area contributed by atoms with E-state index in [0.717, 1.165) is 31.3 Å². The van der Waals surface area contributed by atoms with Crippen molar-refractivity contribution in [3.05, 3.63) is 0 Å². The summed E-state index contributed by atoms with van der Waals surface area (Å²) in [5.41, 5.74) is -0.554. The molecule has 1 heterocycles. The first-order chi connectivity index (χ1) is 9.44. The van der Waals surface area contributed by atoms with Crippen LogP contribution in [0.25, 0.3) is 0 Å². The molecule has 2 bridgehead atoms. The van der Waals surface area contributed by atoms with Crippen LogP contribution in [0.2, 0.25) is 0 Å². The summed E-state index contributed by atoms with van der Waals surface area (Å²) in [7, 11) is 1.47. The van der Waals surface area contributed by atoms with Crippen molar-refractivity contribution < 1.29 is 9.53 Å². The third-order valence-electron chi connectivity index (χ3n) is 4.89. The van der Waals surface area contributed by atoms with E-state index in [-0.39, 0.29) is 12.0 Å². The van der Waals surface area contributed by atoms with Gasteiger partial charge in [-0.25, -0.2) is 0 Å². The number of carbonyl (C=O) groups is 1. The highest BCUT2D eigenvalue weighted by Crippen LogP contribution is 2.37. The number of rotatable bonds is 7. The third kappa shape index (κ3) is 3.53. The zero-order chi connectivity index (χ0) is 14.8. The molecule has 1 saturated heterocycles. The zero-order valence-electron chi connectivity index (χ0n) is 13.4. The quantitative estimate of drug-likeness (QED) is 0.727. The molecule has 0 aromatic heterocycles. The molecule has 4 nitrogen and oxygen atoms in total. The largest absolute Gasteiger partial charge is 0.468 e. The number of nitrogens with zero attached hydrogens (tertiary/aromatic N) is 1. The van der Waals surface area contributed by atoms with Gasteiger partial charge in [0, 0.05) is 18.6 Å². The summed E-state index contributed by atoms with van der Waals surface area (Å²) in [6, 6.07) is 1.10. The van der Waals surface area contributed by atoms with Crippen LogP contribution < -0.4 is 5.32 Å². The molecule has 1 aliphatic carbocycles. The van der Waals surface area contributed by atoms with Crippen LogP contribution in [-0.4, -0.2) is 48.7 Å². The van der Waals surface area contributed by atoms with Gasteiger partial charge < -0.3 is 9.64 Å². The van der Waals surface area contributed by atoms with Crippen LogP contribution in [0.4, 0.5) is 0 Å². The number of likely N-dealkylation sites (tertiary alicyclic amines) is 1. The lowest BCUT2D eigenvalue weighted by atomic mass is 9.94. The van der Waals surface area contributed by atoms with Gasteiger partial charge in [0.1, 0.15) is 5.54 Å². The number of methoxy groups -OCH3 is 1. The summed E-state index contributed by atoms with van der Waals surface area (Å²) in [6.45, 7) is 8.50. The summed E-state index contributed by atoms with van der Waals surface area (Å²) in [4.78, 5) is 14.7. The van der Waals surface area contributed by atoms with Crippen molar-refractivity contribution in [2.75, 3.05) is 20.2 Å². The Morgan fingerprint density at radius 3 is 2.70 bits per heavy atom. The Bertz CT molecular complexity index is 345. The van der Waals surface area contributed by atoms with E-state index in [1.54, 1.807) is 0 Å². The van der Waals surface area contributed by atoms with Gasteiger partial charge in [0.15, 0.2) is 0 Å². The Morgan fingerprint density at radius 1 is 1.45 bits per heavy atom. The molecule has 2 fully saturated rings. The number of piperidine rings is 1. The van der Waals surface area contributed by atoms with Gasteiger partial charge in [0.25, 0.3) is 0 Å². The summed E-state index contributed by atoms with van der Waals surface area (Å²) >= 11 is 0. The van der Waals surface area contributed by atoms with Crippen LogP contribution in [0.1, 0.15) is 52.9 Å². The molecule has 0 amide bonds. The summed E-state index contributed by atoms with van der Waals surface area (Å²) in [6.07, 6.45) is 6.10. The van der Waals surface area contributed by atoms with Crippen molar-refractivity contribution in [3.8, 4) is 0 Å². The monoisotopic (exact) mass is 282 g/mol. The maximum atomic E-state index is 12.0. The average Bonchev–Trinajstić information content (AvgIpc) is 2.99. The van der Waals surface area contributed by atoms with Gasteiger partial charge in [0.2, 0.25) is 0 Å². The average molecular weight is 282 g/mol. The fraction of sp³-hybridized carbons (Fsp3) is 0.938. The first kappa shape index (κ1) is 15.8. The highest BCUT2D eigenvalue weighted by Gasteiger charge is 2.38. The molecule has 2 aliphatic rings. The maximum Gasteiger partial charge on any atom is 0.325 e. The standard InChI is InChI=1S/C16H30N2O2/c1-12(2)17-16(3,15(19)20-4)8-5-9-18-11-13-6-7-14(18)10-13/h12-14,17H,5-11H2,1-4H3. The second-order valence-corrected chi connectivity index (χ2v) is 7.05. The minimum Gasteiger partial charge on any atom is -0.468 e. The lowest BCUT2D eigenvalue weighted by Crippen LogP contribution is -2.53. The minimum atomic E-state index is -0.554. The molecule has 3 atom stereocenters. The molecular formula is C16H30N2O2. The highest BCUT2D eigenvalue weighted by molar-refractivity contribution is 5.80. The molecule has 20 heavy (non-hydrogen) atoms. The van der Waals surface area contributed by atoms with E-state index in [1.165, 1.54) is 32.9 Å². The molecule has 1 aliphatic heterocycles. The van der Waals surface area contributed by atoms with Crippen LogP contribution in [0.5, 0.6) is 0 Å². The second kappa shape index (κ2) is 6.44. The van der Waals surface area contributed by atoms with Gasteiger partial charge >= 0.3 is 5.97 Å². The Hall–Kier alpha value is -0.610. The van der Waals surface area contributed by atoms with Crippen molar-refractivity contribution in [2.45, 2.75) is 70.5 Å². The first-order valence-electron chi connectivity index (χ1n) is 8.05. The van der Waals surface area contributed by atoms with Gasteiger partial charge in [-0.15, -0.1) is 0 Å². The summed E-state index contributed by atoms with van der Waals surface area (Å²) in [5, 5.41) is 3.37. The van der Waals surface area contributed by atoms with E-state index in [4.69, 9.17) is 4.74 Å². The predicted octanol–water partition coefficient (Wildman–Crippen LogP) is 2.18.